The van der Waals surface area contributed by atoms with Gasteiger partial charge in [0.1, 0.15) is 5.75 Å². The highest BCUT2D eigenvalue weighted by Gasteiger charge is 2.41. The summed E-state index contributed by atoms with van der Waals surface area (Å²) in [6.07, 6.45) is 3.55. The predicted octanol–water partition coefficient (Wildman–Crippen LogP) is 3.23. The maximum atomic E-state index is 12.5. The van der Waals surface area contributed by atoms with Crippen molar-refractivity contribution >= 4 is 5.97 Å². The van der Waals surface area contributed by atoms with Crippen LogP contribution in [0.3, 0.4) is 0 Å². The average Bonchev–Trinajstić information content (AvgIpc) is 2.52. The molecule has 0 aromatic heterocycles. The quantitative estimate of drug-likeness (QED) is 0.517. The van der Waals surface area contributed by atoms with Gasteiger partial charge in [-0.15, -0.1) is 13.2 Å². The van der Waals surface area contributed by atoms with Gasteiger partial charge in [0.15, 0.2) is 5.60 Å². The summed E-state index contributed by atoms with van der Waals surface area (Å²) in [5.74, 6) is 0.274. The third kappa shape index (κ3) is 3.95. The lowest BCUT2D eigenvalue weighted by molar-refractivity contribution is -0.172. The molecule has 4 nitrogen and oxygen atoms in total. The molecule has 1 atom stereocenters. The molecule has 21 heavy (non-hydrogen) atoms. The first kappa shape index (κ1) is 17.0. The maximum Gasteiger partial charge on any atom is 0.343 e. The van der Waals surface area contributed by atoms with Crippen molar-refractivity contribution in [2.24, 2.45) is 0 Å². The van der Waals surface area contributed by atoms with Crippen molar-refractivity contribution in [3.8, 4) is 5.75 Å². The van der Waals surface area contributed by atoms with Crippen LogP contribution >= 0.6 is 0 Å². The molecular formula is C17H22O4. The molecule has 0 aliphatic heterocycles. The van der Waals surface area contributed by atoms with Crippen LogP contribution in [0.4, 0.5) is 0 Å². The van der Waals surface area contributed by atoms with Crippen molar-refractivity contribution in [3.05, 3.63) is 55.1 Å². The second kappa shape index (κ2) is 8.27. The van der Waals surface area contributed by atoms with Gasteiger partial charge >= 0.3 is 5.97 Å². The molecule has 0 saturated carbocycles. The van der Waals surface area contributed by atoms with E-state index in [1.807, 2.05) is 0 Å². The van der Waals surface area contributed by atoms with E-state index in [2.05, 4.69) is 13.2 Å². The standard InChI is InChI=1S/C17H22O4/c1-5-12-17(21-13-6-2,16(18)20-7-3)14-8-10-15(19-4)11-9-14/h5-6,8-11H,1-2,7,12-13H2,3-4H3. The minimum atomic E-state index is -1.21. The zero-order chi connectivity index (χ0) is 15.7. The predicted molar refractivity (Wildman–Crippen MR) is 82.3 cm³/mol. The van der Waals surface area contributed by atoms with E-state index in [1.165, 1.54) is 0 Å². The van der Waals surface area contributed by atoms with Gasteiger partial charge in [-0.2, -0.15) is 0 Å². The van der Waals surface area contributed by atoms with E-state index in [0.29, 0.717) is 17.7 Å². The Hall–Kier alpha value is -2.07. The lowest BCUT2D eigenvalue weighted by Crippen LogP contribution is -2.40. The molecule has 0 radical (unpaired) electrons. The first-order chi connectivity index (χ1) is 10.1. The van der Waals surface area contributed by atoms with Gasteiger partial charge < -0.3 is 14.2 Å². The summed E-state index contributed by atoms with van der Waals surface area (Å²) in [5.41, 5.74) is -0.512. The second-order valence-corrected chi connectivity index (χ2v) is 4.37. The maximum absolute atomic E-state index is 12.5. The third-order valence-corrected chi connectivity index (χ3v) is 3.04. The van der Waals surface area contributed by atoms with Crippen LogP contribution < -0.4 is 4.74 Å². The molecule has 0 aliphatic rings. The Morgan fingerprint density at radius 3 is 2.38 bits per heavy atom. The van der Waals surface area contributed by atoms with E-state index in [0.717, 1.165) is 0 Å². The van der Waals surface area contributed by atoms with Crippen LogP contribution in [0, 0.1) is 0 Å². The van der Waals surface area contributed by atoms with E-state index < -0.39 is 11.6 Å². The Balaban J connectivity index is 3.26. The lowest BCUT2D eigenvalue weighted by Gasteiger charge is -2.30. The topological polar surface area (TPSA) is 44.8 Å². The highest BCUT2D eigenvalue weighted by atomic mass is 16.6. The number of carbonyl (C=O) groups is 1. The molecule has 0 heterocycles. The van der Waals surface area contributed by atoms with Crippen LogP contribution in [-0.4, -0.2) is 26.3 Å². The van der Waals surface area contributed by atoms with Gasteiger partial charge in [-0.05, 0) is 24.6 Å². The fraction of sp³-hybridized carbons (Fsp3) is 0.353. The largest absolute Gasteiger partial charge is 0.497 e. The lowest BCUT2D eigenvalue weighted by atomic mass is 9.90. The molecule has 1 aromatic rings. The second-order valence-electron chi connectivity index (χ2n) is 4.37. The smallest absolute Gasteiger partial charge is 0.343 e. The normalized spacial score (nSPS) is 13.0. The summed E-state index contributed by atoms with van der Waals surface area (Å²) in [4.78, 5) is 12.5. The first-order valence-corrected chi connectivity index (χ1v) is 6.82. The number of esters is 1. The van der Waals surface area contributed by atoms with Gasteiger partial charge in [0.05, 0.1) is 20.3 Å². The molecule has 0 N–H and O–H groups in total. The highest BCUT2D eigenvalue weighted by molar-refractivity contribution is 5.81. The fourth-order valence-electron chi connectivity index (χ4n) is 2.03. The van der Waals surface area contributed by atoms with Crippen LogP contribution in [0.1, 0.15) is 18.9 Å². The Kier molecular flexibility index (Phi) is 6.69. The van der Waals surface area contributed by atoms with E-state index in [4.69, 9.17) is 14.2 Å². The van der Waals surface area contributed by atoms with Gasteiger partial charge in [-0.25, -0.2) is 4.79 Å². The molecule has 0 aliphatic carbocycles. The van der Waals surface area contributed by atoms with Gasteiger partial charge in [0.25, 0.3) is 0 Å². The van der Waals surface area contributed by atoms with Gasteiger partial charge in [0, 0.05) is 6.42 Å². The zero-order valence-corrected chi connectivity index (χ0v) is 12.6. The molecule has 1 aromatic carbocycles. The van der Waals surface area contributed by atoms with E-state index in [-0.39, 0.29) is 13.2 Å². The van der Waals surface area contributed by atoms with Crippen LogP contribution in [0.5, 0.6) is 5.75 Å². The number of hydrogen-bond donors (Lipinski definition) is 0. The summed E-state index contributed by atoms with van der Waals surface area (Å²) in [6.45, 7) is 9.62. The SMILES string of the molecule is C=CCOC(CC=C)(C(=O)OCC)c1ccc(OC)cc1. The number of rotatable bonds is 9. The van der Waals surface area contributed by atoms with Crippen LogP contribution in [0.25, 0.3) is 0 Å². The molecule has 1 rings (SSSR count). The Bertz CT molecular complexity index is 478. The monoisotopic (exact) mass is 290 g/mol. The summed E-state index contributed by atoms with van der Waals surface area (Å²) in [5, 5.41) is 0. The minimum Gasteiger partial charge on any atom is -0.497 e. The average molecular weight is 290 g/mol. The molecule has 1 unspecified atom stereocenters. The van der Waals surface area contributed by atoms with E-state index in [9.17, 15) is 4.79 Å². The molecule has 0 spiro atoms. The van der Waals surface area contributed by atoms with Gasteiger partial charge in [0.2, 0.25) is 0 Å². The van der Waals surface area contributed by atoms with Crippen LogP contribution in [0.15, 0.2) is 49.6 Å². The molecule has 0 fully saturated rings. The van der Waals surface area contributed by atoms with Crippen molar-refractivity contribution in [2.75, 3.05) is 20.3 Å². The molecule has 0 bridgehead atoms. The Morgan fingerprint density at radius 2 is 1.90 bits per heavy atom. The van der Waals surface area contributed by atoms with Crippen molar-refractivity contribution in [2.45, 2.75) is 18.9 Å². The number of hydrogen-bond acceptors (Lipinski definition) is 4. The number of ether oxygens (including phenoxy) is 3. The van der Waals surface area contributed by atoms with Gasteiger partial charge in [-0.3, -0.25) is 0 Å². The van der Waals surface area contributed by atoms with Crippen LogP contribution in [0.2, 0.25) is 0 Å². The fourth-order valence-corrected chi connectivity index (χ4v) is 2.03. The van der Waals surface area contributed by atoms with E-state index >= 15 is 0 Å². The third-order valence-electron chi connectivity index (χ3n) is 3.04. The van der Waals surface area contributed by atoms with Crippen molar-refractivity contribution < 1.29 is 19.0 Å². The number of benzene rings is 1. The molecule has 114 valence electrons. The van der Waals surface area contributed by atoms with E-state index in [1.54, 1.807) is 50.5 Å². The van der Waals surface area contributed by atoms with Gasteiger partial charge in [-0.1, -0.05) is 24.3 Å². The summed E-state index contributed by atoms with van der Waals surface area (Å²) in [7, 11) is 1.59. The van der Waals surface area contributed by atoms with Crippen molar-refractivity contribution in [1.82, 2.24) is 0 Å². The zero-order valence-electron chi connectivity index (χ0n) is 12.6. The summed E-state index contributed by atoms with van der Waals surface area (Å²) >= 11 is 0. The van der Waals surface area contributed by atoms with Crippen molar-refractivity contribution in [3.63, 3.8) is 0 Å². The van der Waals surface area contributed by atoms with Crippen LogP contribution in [-0.2, 0) is 19.9 Å². The molecule has 4 heteroatoms. The molecule has 0 saturated heterocycles. The minimum absolute atomic E-state index is 0.235. The highest BCUT2D eigenvalue weighted by Crippen LogP contribution is 2.33. The molecule has 0 amide bonds. The summed E-state index contributed by atoms with van der Waals surface area (Å²) in [6, 6.07) is 7.15. The van der Waals surface area contributed by atoms with Crippen molar-refractivity contribution in [1.29, 1.82) is 0 Å². The summed E-state index contributed by atoms with van der Waals surface area (Å²) < 4.78 is 16.1. The first-order valence-electron chi connectivity index (χ1n) is 6.82. The number of methoxy groups -OCH3 is 1. The Labute approximate surface area is 126 Å². The molecular weight excluding hydrogens is 268 g/mol. The Morgan fingerprint density at radius 1 is 1.24 bits per heavy atom. The number of carbonyl (C=O) groups excluding carboxylic acids is 1.